The van der Waals surface area contributed by atoms with Gasteiger partial charge in [0.1, 0.15) is 0 Å². The predicted octanol–water partition coefficient (Wildman–Crippen LogP) is 0.509. The Kier molecular flexibility index (Phi) is 4.55. The standard InChI is InChI=1S/C8H14N2O.C2HF3O2/c11-7-5-8(6-10-7)1-3-9-4-2-8;3-2(4,5)1(6)7/h9H,1-6H2,(H,10,11);(H,6,7). The molecule has 0 aromatic carbocycles. The number of piperidine rings is 1. The van der Waals surface area contributed by atoms with Gasteiger partial charge in [0, 0.05) is 13.0 Å². The number of amides is 1. The molecule has 2 aliphatic heterocycles. The summed E-state index contributed by atoms with van der Waals surface area (Å²) in [5.74, 6) is -2.51. The normalized spacial score (nSPS) is 22.1. The Labute approximate surface area is 102 Å². The Bertz CT molecular complexity index is 325. The number of halogens is 3. The topological polar surface area (TPSA) is 78.4 Å². The van der Waals surface area contributed by atoms with E-state index in [1.54, 1.807) is 0 Å². The highest BCUT2D eigenvalue weighted by atomic mass is 19.4. The fourth-order valence-corrected chi connectivity index (χ4v) is 2.06. The molecule has 0 saturated carbocycles. The summed E-state index contributed by atoms with van der Waals surface area (Å²) in [6, 6.07) is 0. The molecule has 0 radical (unpaired) electrons. The third-order valence-corrected chi connectivity index (χ3v) is 3.10. The van der Waals surface area contributed by atoms with Gasteiger partial charge in [0.2, 0.25) is 5.91 Å². The first-order chi connectivity index (χ1) is 8.25. The molecule has 2 heterocycles. The average Bonchev–Trinajstić information content (AvgIpc) is 2.60. The SMILES string of the molecule is O=C(O)C(F)(F)F.O=C1CC2(CCNCC2)CN1. The maximum atomic E-state index is 11.0. The summed E-state index contributed by atoms with van der Waals surface area (Å²) in [6.07, 6.45) is -2.01. The molecule has 0 bridgehead atoms. The summed E-state index contributed by atoms with van der Waals surface area (Å²) in [5.41, 5.74) is 0.322. The van der Waals surface area contributed by atoms with Crippen molar-refractivity contribution in [3.8, 4) is 0 Å². The summed E-state index contributed by atoms with van der Waals surface area (Å²) >= 11 is 0. The van der Waals surface area contributed by atoms with E-state index in [1.165, 1.54) is 0 Å². The molecule has 3 N–H and O–H groups in total. The molecule has 1 amide bonds. The summed E-state index contributed by atoms with van der Waals surface area (Å²) in [4.78, 5) is 19.9. The maximum absolute atomic E-state index is 11.0. The summed E-state index contributed by atoms with van der Waals surface area (Å²) in [7, 11) is 0. The van der Waals surface area contributed by atoms with Crippen LogP contribution in [-0.2, 0) is 9.59 Å². The summed E-state index contributed by atoms with van der Waals surface area (Å²) in [5, 5.41) is 13.3. The lowest BCUT2D eigenvalue weighted by Crippen LogP contribution is -2.37. The number of hydrogen-bond donors (Lipinski definition) is 3. The molecule has 0 aromatic rings. The van der Waals surface area contributed by atoms with Gasteiger partial charge in [-0.1, -0.05) is 0 Å². The van der Waals surface area contributed by atoms with Crippen LogP contribution in [0.5, 0.6) is 0 Å². The summed E-state index contributed by atoms with van der Waals surface area (Å²) in [6.45, 7) is 3.07. The van der Waals surface area contributed by atoms with Crippen molar-refractivity contribution in [3.05, 3.63) is 0 Å². The molecule has 0 aliphatic carbocycles. The molecular formula is C10H15F3N2O3. The number of carbonyl (C=O) groups excluding carboxylic acids is 1. The Balaban J connectivity index is 0.000000203. The van der Waals surface area contributed by atoms with Crippen molar-refractivity contribution in [1.82, 2.24) is 10.6 Å². The minimum Gasteiger partial charge on any atom is -0.475 e. The van der Waals surface area contributed by atoms with Gasteiger partial charge in [-0.15, -0.1) is 0 Å². The molecule has 0 atom stereocenters. The number of carbonyl (C=O) groups is 2. The van der Waals surface area contributed by atoms with Crippen molar-refractivity contribution in [2.24, 2.45) is 5.41 Å². The van der Waals surface area contributed by atoms with Crippen LogP contribution in [0.3, 0.4) is 0 Å². The number of nitrogens with one attached hydrogen (secondary N) is 2. The van der Waals surface area contributed by atoms with Crippen LogP contribution in [0.4, 0.5) is 13.2 Å². The van der Waals surface area contributed by atoms with Crippen molar-refractivity contribution in [3.63, 3.8) is 0 Å². The number of aliphatic carboxylic acids is 1. The molecule has 104 valence electrons. The van der Waals surface area contributed by atoms with Crippen molar-refractivity contribution >= 4 is 11.9 Å². The zero-order chi connectivity index (χ0) is 13.8. The van der Waals surface area contributed by atoms with Crippen LogP contribution in [0.15, 0.2) is 0 Å². The van der Waals surface area contributed by atoms with Gasteiger partial charge < -0.3 is 15.7 Å². The molecule has 2 saturated heterocycles. The molecule has 18 heavy (non-hydrogen) atoms. The monoisotopic (exact) mass is 268 g/mol. The van der Waals surface area contributed by atoms with Gasteiger partial charge in [-0.05, 0) is 31.3 Å². The van der Waals surface area contributed by atoms with E-state index >= 15 is 0 Å². The van der Waals surface area contributed by atoms with E-state index < -0.39 is 12.1 Å². The third-order valence-electron chi connectivity index (χ3n) is 3.10. The highest BCUT2D eigenvalue weighted by molar-refractivity contribution is 5.79. The molecule has 0 unspecified atom stereocenters. The molecule has 2 fully saturated rings. The fraction of sp³-hybridized carbons (Fsp3) is 0.800. The van der Waals surface area contributed by atoms with Crippen LogP contribution in [0.25, 0.3) is 0 Å². The zero-order valence-corrected chi connectivity index (χ0v) is 9.64. The van der Waals surface area contributed by atoms with E-state index in [0.29, 0.717) is 5.41 Å². The molecular weight excluding hydrogens is 253 g/mol. The van der Waals surface area contributed by atoms with Gasteiger partial charge in [-0.3, -0.25) is 4.79 Å². The first-order valence-corrected chi connectivity index (χ1v) is 5.53. The lowest BCUT2D eigenvalue weighted by atomic mass is 9.78. The number of carboxylic acids is 1. The molecule has 0 aromatic heterocycles. The number of alkyl halides is 3. The lowest BCUT2D eigenvalue weighted by Gasteiger charge is -2.31. The van der Waals surface area contributed by atoms with Gasteiger partial charge in [-0.25, -0.2) is 4.79 Å². The number of hydrogen-bond acceptors (Lipinski definition) is 3. The van der Waals surface area contributed by atoms with Crippen LogP contribution >= 0.6 is 0 Å². The van der Waals surface area contributed by atoms with Crippen molar-refractivity contribution < 1.29 is 27.9 Å². The fourth-order valence-electron chi connectivity index (χ4n) is 2.06. The molecule has 5 nitrogen and oxygen atoms in total. The average molecular weight is 268 g/mol. The molecule has 2 rings (SSSR count). The first-order valence-electron chi connectivity index (χ1n) is 5.53. The van der Waals surface area contributed by atoms with Crippen LogP contribution in [0.1, 0.15) is 19.3 Å². The second kappa shape index (κ2) is 5.55. The Morgan fingerprint density at radius 1 is 1.28 bits per heavy atom. The zero-order valence-electron chi connectivity index (χ0n) is 9.64. The van der Waals surface area contributed by atoms with Crippen molar-refractivity contribution in [2.45, 2.75) is 25.4 Å². The maximum Gasteiger partial charge on any atom is 0.490 e. The van der Waals surface area contributed by atoms with Crippen LogP contribution in [0.2, 0.25) is 0 Å². The van der Waals surface area contributed by atoms with Gasteiger partial charge in [0.15, 0.2) is 0 Å². The van der Waals surface area contributed by atoms with Crippen LogP contribution in [-0.4, -0.2) is 42.8 Å². The van der Waals surface area contributed by atoms with Gasteiger partial charge >= 0.3 is 12.1 Å². The van der Waals surface area contributed by atoms with E-state index in [1.807, 2.05) is 0 Å². The van der Waals surface area contributed by atoms with Gasteiger partial charge in [0.05, 0.1) is 0 Å². The van der Waals surface area contributed by atoms with Crippen LogP contribution in [0, 0.1) is 5.41 Å². The number of rotatable bonds is 0. The second-order valence-electron chi connectivity index (χ2n) is 4.51. The Morgan fingerprint density at radius 2 is 1.78 bits per heavy atom. The smallest absolute Gasteiger partial charge is 0.475 e. The van der Waals surface area contributed by atoms with Gasteiger partial charge in [0.25, 0.3) is 0 Å². The van der Waals surface area contributed by atoms with E-state index in [9.17, 15) is 18.0 Å². The Morgan fingerprint density at radius 3 is 2.11 bits per heavy atom. The van der Waals surface area contributed by atoms with E-state index in [-0.39, 0.29) is 5.91 Å². The van der Waals surface area contributed by atoms with E-state index in [4.69, 9.17) is 9.90 Å². The minimum absolute atomic E-state index is 0.243. The molecule has 1 spiro atoms. The van der Waals surface area contributed by atoms with E-state index in [0.717, 1.165) is 38.9 Å². The second-order valence-corrected chi connectivity index (χ2v) is 4.51. The van der Waals surface area contributed by atoms with Crippen molar-refractivity contribution in [1.29, 1.82) is 0 Å². The number of carboxylic acid groups (broad SMARTS) is 1. The highest BCUT2D eigenvalue weighted by Crippen LogP contribution is 2.34. The Hall–Kier alpha value is -1.31. The predicted molar refractivity (Wildman–Crippen MR) is 55.9 cm³/mol. The van der Waals surface area contributed by atoms with Crippen molar-refractivity contribution in [2.75, 3.05) is 19.6 Å². The minimum atomic E-state index is -5.08. The van der Waals surface area contributed by atoms with Crippen LogP contribution < -0.4 is 10.6 Å². The lowest BCUT2D eigenvalue weighted by molar-refractivity contribution is -0.192. The molecule has 8 heteroatoms. The quantitative estimate of drug-likeness (QED) is 0.598. The first kappa shape index (κ1) is 14.7. The summed E-state index contributed by atoms with van der Waals surface area (Å²) < 4.78 is 31.7. The highest BCUT2D eigenvalue weighted by Gasteiger charge is 2.39. The van der Waals surface area contributed by atoms with E-state index in [2.05, 4.69) is 10.6 Å². The van der Waals surface area contributed by atoms with Gasteiger partial charge in [-0.2, -0.15) is 13.2 Å². The largest absolute Gasteiger partial charge is 0.490 e. The third kappa shape index (κ3) is 4.17. The molecule has 2 aliphatic rings.